The van der Waals surface area contributed by atoms with Crippen LogP contribution in [-0.4, -0.2) is 47.7 Å². The van der Waals surface area contributed by atoms with Gasteiger partial charge in [-0.25, -0.2) is 9.51 Å². The third kappa shape index (κ3) is 9.86. The number of quaternary nitrogens is 2. The first-order valence-corrected chi connectivity index (χ1v) is 10.5. The number of nitrogens with zero attached hydrogens (tertiary/aromatic N) is 3. The van der Waals surface area contributed by atoms with E-state index in [2.05, 4.69) is 6.92 Å². The van der Waals surface area contributed by atoms with Crippen molar-refractivity contribution >= 4 is 5.91 Å². The molecule has 0 aliphatic carbocycles. The van der Waals surface area contributed by atoms with E-state index in [1.165, 1.54) is 52.6 Å². The number of amides is 1. The number of hydrogen-bond acceptors (Lipinski definition) is 3. The van der Waals surface area contributed by atoms with Crippen molar-refractivity contribution in [1.82, 2.24) is 5.12 Å². The highest BCUT2D eigenvalue weighted by atomic mass is 16.7. The van der Waals surface area contributed by atoms with Crippen molar-refractivity contribution in [2.24, 2.45) is 0 Å². The molecule has 0 aromatic rings. The van der Waals surface area contributed by atoms with Gasteiger partial charge in [0.05, 0.1) is 14.1 Å². The van der Waals surface area contributed by atoms with E-state index in [1.807, 2.05) is 20.3 Å². The minimum Gasteiger partial charge on any atom is -0.602 e. The highest BCUT2D eigenvalue weighted by Crippen LogP contribution is 2.21. The predicted octanol–water partition coefficient (Wildman–Crippen LogP) is 5.09. The summed E-state index contributed by atoms with van der Waals surface area (Å²) in [4.78, 5) is 12.7. The average Bonchev–Trinajstić information content (AvgIpc) is 2.52. The standard InChI is InChI=1S/C20H42N3O3/c1-6-9-10-11-12-13-14-15-16-17-20(24)21(22(4,25)18-7-2)23(5,26)19-8-3/h16H,6-15,17-19H2,1-5H3. The molecular weight excluding hydrogens is 330 g/mol. The second kappa shape index (κ2) is 13.5. The molecule has 1 amide bonds. The first-order chi connectivity index (χ1) is 12.2. The van der Waals surface area contributed by atoms with Crippen LogP contribution in [0.25, 0.3) is 0 Å². The molecule has 0 fully saturated rings. The first-order valence-electron chi connectivity index (χ1n) is 10.5. The lowest BCUT2D eigenvalue weighted by atomic mass is 10.1. The summed E-state index contributed by atoms with van der Waals surface area (Å²) in [5.41, 5.74) is 0. The van der Waals surface area contributed by atoms with Crippen LogP contribution >= 0.6 is 0 Å². The van der Waals surface area contributed by atoms with Crippen molar-refractivity contribution in [3.63, 3.8) is 0 Å². The summed E-state index contributed by atoms with van der Waals surface area (Å²) < 4.78 is -1.86. The minimum absolute atomic E-state index is 0.162. The SMILES string of the molecule is CCCCCCCCC[CH]CC(=O)N([N+](C)([O-])CCC)[N+](C)([O-])CCC. The van der Waals surface area contributed by atoms with E-state index in [-0.39, 0.29) is 25.4 Å². The summed E-state index contributed by atoms with van der Waals surface area (Å²) in [6.07, 6.45) is 12.8. The molecule has 1 radical (unpaired) electrons. The van der Waals surface area contributed by atoms with E-state index in [4.69, 9.17) is 0 Å². The molecule has 0 saturated heterocycles. The van der Waals surface area contributed by atoms with Gasteiger partial charge < -0.3 is 10.4 Å². The Morgan fingerprint density at radius 2 is 1.27 bits per heavy atom. The van der Waals surface area contributed by atoms with Crippen LogP contribution < -0.4 is 0 Å². The molecular formula is C20H42N3O3. The zero-order valence-corrected chi connectivity index (χ0v) is 17.8. The molecule has 0 aliphatic heterocycles. The van der Waals surface area contributed by atoms with Gasteiger partial charge >= 0.3 is 5.91 Å². The van der Waals surface area contributed by atoms with E-state index in [0.29, 0.717) is 12.8 Å². The van der Waals surface area contributed by atoms with Gasteiger partial charge in [0.2, 0.25) is 0 Å². The molecule has 0 rings (SSSR count). The van der Waals surface area contributed by atoms with Crippen LogP contribution in [0.1, 0.15) is 91.4 Å². The molecule has 0 spiro atoms. The van der Waals surface area contributed by atoms with Gasteiger partial charge in [0.25, 0.3) is 0 Å². The van der Waals surface area contributed by atoms with Gasteiger partial charge in [0, 0.05) is 6.42 Å². The largest absolute Gasteiger partial charge is 0.602 e. The molecule has 0 aromatic heterocycles. The Morgan fingerprint density at radius 1 is 0.808 bits per heavy atom. The number of unbranched alkanes of at least 4 members (excludes halogenated alkanes) is 8. The Bertz CT molecular complexity index is 355. The van der Waals surface area contributed by atoms with Gasteiger partial charge in [-0.3, -0.25) is 4.79 Å². The molecule has 0 aliphatic rings. The van der Waals surface area contributed by atoms with Crippen LogP contribution in [0.3, 0.4) is 0 Å². The van der Waals surface area contributed by atoms with E-state index in [0.717, 1.165) is 18.0 Å². The molecule has 26 heavy (non-hydrogen) atoms. The van der Waals surface area contributed by atoms with Gasteiger partial charge in [-0.1, -0.05) is 65.7 Å². The lowest BCUT2D eigenvalue weighted by molar-refractivity contribution is -1.19. The average molecular weight is 373 g/mol. The number of hydrogen-bond donors (Lipinski definition) is 0. The zero-order chi connectivity index (χ0) is 20.1. The monoisotopic (exact) mass is 372 g/mol. The fourth-order valence-corrected chi connectivity index (χ4v) is 3.44. The maximum atomic E-state index is 12.8. The van der Waals surface area contributed by atoms with E-state index < -0.39 is 9.51 Å². The second-order valence-electron chi connectivity index (χ2n) is 7.64. The predicted molar refractivity (Wildman–Crippen MR) is 108 cm³/mol. The van der Waals surface area contributed by atoms with Gasteiger partial charge in [0.1, 0.15) is 13.1 Å². The molecule has 2 unspecified atom stereocenters. The third-order valence-electron chi connectivity index (χ3n) is 4.63. The minimum atomic E-state index is -0.930. The fraction of sp³-hybridized carbons (Fsp3) is 0.900. The van der Waals surface area contributed by atoms with E-state index in [9.17, 15) is 15.2 Å². The van der Waals surface area contributed by atoms with Crippen LogP contribution in [0.5, 0.6) is 0 Å². The molecule has 0 N–H and O–H groups in total. The Balaban J connectivity index is 4.44. The number of hydroxylamine groups is 4. The van der Waals surface area contributed by atoms with E-state index in [1.54, 1.807) is 0 Å². The normalized spacial score (nSPS) is 16.1. The van der Waals surface area contributed by atoms with E-state index >= 15 is 0 Å². The van der Waals surface area contributed by atoms with Gasteiger partial charge in [0.15, 0.2) is 0 Å². The first kappa shape index (κ1) is 25.3. The molecule has 0 heterocycles. The summed E-state index contributed by atoms with van der Waals surface area (Å²) in [5, 5.41) is 26.6. The van der Waals surface area contributed by atoms with Gasteiger partial charge in [-0.05, 0) is 30.8 Å². The molecule has 155 valence electrons. The van der Waals surface area contributed by atoms with Crippen molar-refractivity contribution in [2.75, 3.05) is 27.2 Å². The molecule has 0 aromatic carbocycles. The molecule has 0 saturated carbocycles. The van der Waals surface area contributed by atoms with Crippen LogP contribution in [-0.2, 0) is 4.79 Å². The molecule has 6 nitrogen and oxygen atoms in total. The summed E-state index contributed by atoms with van der Waals surface area (Å²) in [6.45, 7) is 6.44. The number of rotatable bonds is 16. The third-order valence-corrected chi connectivity index (χ3v) is 4.63. The number of carbonyl (C=O) groups is 1. The smallest absolute Gasteiger partial charge is 0.324 e. The Labute approximate surface area is 161 Å². The fourth-order valence-electron chi connectivity index (χ4n) is 3.44. The van der Waals surface area contributed by atoms with Crippen molar-refractivity contribution in [1.29, 1.82) is 0 Å². The van der Waals surface area contributed by atoms with Crippen LogP contribution in [0.4, 0.5) is 0 Å². The Morgan fingerprint density at radius 3 is 1.73 bits per heavy atom. The summed E-state index contributed by atoms with van der Waals surface area (Å²) in [6, 6.07) is 0. The highest BCUT2D eigenvalue weighted by Gasteiger charge is 2.38. The molecule has 0 bridgehead atoms. The van der Waals surface area contributed by atoms with Crippen LogP contribution in [0.2, 0.25) is 0 Å². The second-order valence-corrected chi connectivity index (χ2v) is 7.64. The zero-order valence-electron chi connectivity index (χ0n) is 17.8. The summed E-state index contributed by atoms with van der Waals surface area (Å²) in [5.74, 6) is -0.371. The molecule has 6 heteroatoms. The quantitative estimate of drug-likeness (QED) is 0.215. The lowest BCUT2D eigenvalue weighted by Gasteiger charge is -2.54. The Hall–Kier alpha value is -0.690. The van der Waals surface area contributed by atoms with Crippen molar-refractivity contribution in [3.8, 4) is 0 Å². The number of carbonyl (C=O) groups excluding carboxylic acids is 1. The topological polar surface area (TPSA) is 66.4 Å². The Kier molecular flexibility index (Phi) is 13.1. The summed E-state index contributed by atoms with van der Waals surface area (Å²) >= 11 is 0. The molecule has 2 atom stereocenters. The van der Waals surface area contributed by atoms with Crippen LogP contribution in [0.15, 0.2) is 0 Å². The van der Waals surface area contributed by atoms with Gasteiger partial charge in [-0.15, -0.1) is 0 Å². The lowest BCUT2D eigenvalue weighted by Crippen LogP contribution is -2.69. The van der Waals surface area contributed by atoms with Crippen molar-refractivity contribution < 1.29 is 14.3 Å². The van der Waals surface area contributed by atoms with Gasteiger partial charge in [-0.2, -0.15) is 0 Å². The maximum absolute atomic E-state index is 12.8. The maximum Gasteiger partial charge on any atom is 0.324 e. The van der Waals surface area contributed by atoms with Crippen molar-refractivity contribution in [2.45, 2.75) is 91.4 Å². The highest BCUT2D eigenvalue weighted by molar-refractivity contribution is 5.75. The summed E-state index contributed by atoms with van der Waals surface area (Å²) in [7, 11) is 2.81. The van der Waals surface area contributed by atoms with Crippen LogP contribution in [0, 0.1) is 16.8 Å². The van der Waals surface area contributed by atoms with Crippen molar-refractivity contribution in [3.05, 3.63) is 16.8 Å².